The van der Waals surface area contributed by atoms with E-state index in [1.165, 1.54) is 0 Å². The highest BCUT2D eigenvalue weighted by atomic mass is 33.2. The molecule has 0 heterocycles. The van der Waals surface area contributed by atoms with Crippen LogP contribution in [-0.4, -0.2) is 80.4 Å². The number of aliphatic hydroxyl groups is 5. The predicted molar refractivity (Wildman–Crippen MR) is 58.7 cm³/mol. The van der Waals surface area contributed by atoms with Gasteiger partial charge in [0.25, 0.3) is 20.2 Å². The maximum atomic E-state index is 9.90. The van der Waals surface area contributed by atoms with Crippen molar-refractivity contribution in [2.24, 2.45) is 0 Å². The van der Waals surface area contributed by atoms with E-state index in [-0.39, 0.29) is 6.29 Å². The summed E-state index contributed by atoms with van der Waals surface area (Å²) in [5.74, 6) is 0. The summed E-state index contributed by atoms with van der Waals surface area (Å²) in [6.45, 7) is -0.760. The minimum absolute atomic E-state index is 0.0258. The molecule has 0 radical (unpaired) electrons. The summed E-state index contributed by atoms with van der Waals surface area (Å²) in [6, 6.07) is 0. The topological polar surface area (TPSA) is 193 Å². The lowest BCUT2D eigenvalue weighted by atomic mass is 10.0. The molecule has 0 saturated heterocycles. The minimum Gasteiger partial charge on any atom is -0.394 e. The normalized spacial score (nSPS) is 20.6. The average Bonchev–Trinajstić information content (AvgIpc) is 2.35. The first kappa shape index (κ1) is 20.0. The van der Waals surface area contributed by atoms with Gasteiger partial charge in [-0.2, -0.15) is 0 Å². The molecule has 0 bridgehead atoms. The van der Waals surface area contributed by atoms with Gasteiger partial charge < -0.3 is 30.3 Å². The second-order valence-corrected chi connectivity index (χ2v) is 5.37. The smallest absolute Gasteiger partial charge is 0.274 e. The fourth-order valence-electron chi connectivity index (χ4n) is 0.618. The third-order valence-corrected chi connectivity index (χ3v) is 2.52. The molecule has 10 nitrogen and oxygen atoms in total. The maximum absolute atomic E-state index is 9.90. The van der Waals surface area contributed by atoms with E-state index in [0.717, 1.165) is 0 Å². The minimum atomic E-state index is -2.59. The number of carbonyl (C=O) groups excluding carboxylic acids is 1. The van der Waals surface area contributed by atoms with Crippen LogP contribution >= 0.6 is 0 Å². The zero-order valence-corrected chi connectivity index (χ0v) is 10.4. The molecule has 0 saturated carbocycles. The van der Waals surface area contributed by atoms with Crippen molar-refractivity contribution >= 4 is 26.5 Å². The average molecular weight is 310 g/mol. The standard InChI is InChI=1S/C6H12O6.H2O4S2/c7-1-3(9)5(11)6(12)4(10)2-8;1-5(2)6(3)4/h1,3-6,8-12H,2H2;(H,1,2)(H,3,4). The molecule has 18 heavy (non-hydrogen) atoms. The van der Waals surface area contributed by atoms with Gasteiger partial charge in [-0.05, 0) is 0 Å². The Bertz CT molecular complexity index is 272. The van der Waals surface area contributed by atoms with Crippen LogP contribution in [0.2, 0.25) is 0 Å². The first-order chi connectivity index (χ1) is 8.18. The van der Waals surface area contributed by atoms with E-state index < -0.39 is 51.2 Å². The van der Waals surface area contributed by atoms with E-state index in [1.54, 1.807) is 0 Å². The summed E-state index contributed by atoms with van der Waals surface area (Å²) in [4.78, 5) is 9.90. The lowest BCUT2D eigenvalue weighted by molar-refractivity contribution is -0.136. The van der Waals surface area contributed by atoms with Crippen LogP contribution in [-0.2, 0) is 25.0 Å². The summed E-state index contributed by atoms with van der Waals surface area (Å²) < 4.78 is 33.6. The summed E-state index contributed by atoms with van der Waals surface area (Å²) in [6.07, 6.45) is -6.84. The SMILES string of the molecule is O=CC(O)C(O)C(O)C(O)CO.O=S(O)S(=O)O. The molecule has 0 fully saturated rings. The van der Waals surface area contributed by atoms with Gasteiger partial charge >= 0.3 is 0 Å². The number of hydrogen-bond donors (Lipinski definition) is 7. The first-order valence-electron chi connectivity index (χ1n) is 4.19. The molecule has 0 spiro atoms. The van der Waals surface area contributed by atoms with Gasteiger partial charge in [-0.15, -0.1) is 0 Å². The van der Waals surface area contributed by atoms with E-state index in [2.05, 4.69) is 0 Å². The van der Waals surface area contributed by atoms with Crippen molar-refractivity contribution in [3.8, 4) is 0 Å². The quantitative estimate of drug-likeness (QED) is 0.144. The molecular weight excluding hydrogens is 296 g/mol. The van der Waals surface area contributed by atoms with Crippen LogP contribution in [0.3, 0.4) is 0 Å². The third kappa shape index (κ3) is 8.73. The predicted octanol–water partition coefficient (Wildman–Crippen LogP) is -4.03. The largest absolute Gasteiger partial charge is 0.394 e. The molecule has 6 unspecified atom stereocenters. The Morgan fingerprint density at radius 1 is 0.944 bits per heavy atom. The molecule has 7 N–H and O–H groups in total. The van der Waals surface area contributed by atoms with Crippen molar-refractivity contribution in [1.82, 2.24) is 0 Å². The number of hydrogen-bond acceptors (Lipinski definition) is 8. The molecule has 0 aromatic carbocycles. The monoisotopic (exact) mass is 310 g/mol. The van der Waals surface area contributed by atoms with Crippen molar-refractivity contribution < 1.29 is 47.9 Å². The van der Waals surface area contributed by atoms with Gasteiger partial charge in [-0.25, -0.2) is 8.42 Å². The van der Waals surface area contributed by atoms with Gasteiger partial charge in [0, 0.05) is 0 Å². The number of aliphatic hydroxyl groups excluding tert-OH is 5. The van der Waals surface area contributed by atoms with Crippen molar-refractivity contribution in [3.63, 3.8) is 0 Å². The highest BCUT2D eigenvalue weighted by molar-refractivity contribution is 8.56. The van der Waals surface area contributed by atoms with Crippen LogP contribution in [0.1, 0.15) is 0 Å². The Hall–Kier alpha value is -0.310. The molecular formula is C6H14O10S2. The molecule has 0 aromatic rings. The molecule has 0 amide bonds. The van der Waals surface area contributed by atoms with Gasteiger partial charge in [0.05, 0.1) is 6.61 Å². The highest BCUT2D eigenvalue weighted by Gasteiger charge is 2.29. The van der Waals surface area contributed by atoms with Crippen LogP contribution in [0.5, 0.6) is 0 Å². The van der Waals surface area contributed by atoms with E-state index in [0.29, 0.717) is 0 Å². The first-order valence-corrected chi connectivity index (χ1v) is 6.92. The van der Waals surface area contributed by atoms with Gasteiger partial charge in [-0.3, -0.25) is 9.11 Å². The number of aldehydes is 1. The van der Waals surface area contributed by atoms with Crippen LogP contribution in [0, 0.1) is 0 Å². The van der Waals surface area contributed by atoms with Crippen LogP contribution in [0.25, 0.3) is 0 Å². The van der Waals surface area contributed by atoms with Gasteiger partial charge in [0.2, 0.25) is 0 Å². The van der Waals surface area contributed by atoms with E-state index in [4.69, 9.17) is 34.6 Å². The fraction of sp³-hybridized carbons (Fsp3) is 0.833. The number of rotatable bonds is 6. The number of carbonyl (C=O) groups is 1. The van der Waals surface area contributed by atoms with Crippen molar-refractivity contribution in [1.29, 1.82) is 0 Å². The second kappa shape index (κ2) is 10.6. The summed E-state index contributed by atoms with van der Waals surface area (Å²) in [7, 11) is -5.18. The molecule has 0 aliphatic carbocycles. The summed E-state index contributed by atoms with van der Waals surface area (Å²) in [5, 5.41) is 43.5. The maximum Gasteiger partial charge on any atom is 0.274 e. The van der Waals surface area contributed by atoms with Crippen LogP contribution < -0.4 is 0 Å². The van der Waals surface area contributed by atoms with Crippen LogP contribution in [0.4, 0.5) is 0 Å². The van der Waals surface area contributed by atoms with Gasteiger partial charge in [-0.1, -0.05) is 0 Å². The van der Waals surface area contributed by atoms with Gasteiger partial charge in [0.15, 0.2) is 6.29 Å². The Morgan fingerprint density at radius 3 is 1.56 bits per heavy atom. The summed E-state index contributed by atoms with van der Waals surface area (Å²) in [5.41, 5.74) is 0. The van der Waals surface area contributed by atoms with E-state index in [1.807, 2.05) is 0 Å². The third-order valence-electron chi connectivity index (χ3n) is 1.54. The lowest BCUT2D eigenvalue weighted by Gasteiger charge is -2.22. The second-order valence-electron chi connectivity index (χ2n) is 2.79. The van der Waals surface area contributed by atoms with Crippen LogP contribution in [0.15, 0.2) is 0 Å². The van der Waals surface area contributed by atoms with E-state index >= 15 is 0 Å². The molecule has 0 aromatic heterocycles. The molecule has 110 valence electrons. The Morgan fingerprint density at radius 2 is 1.33 bits per heavy atom. The van der Waals surface area contributed by atoms with Gasteiger partial charge in [0.1, 0.15) is 24.4 Å². The van der Waals surface area contributed by atoms with Crippen molar-refractivity contribution in [2.75, 3.05) is 6.61 Å². The molecule has 0 aliphatic heterocycles. The zero-order chi connectivity index (χ0) is 14.9. The van der Waals surface area contributed by atoms with Crippen molar-refractivity contribution in [3.05, 3.63) is 0 Å². The molecule has 0 aliphatic rings. The Kier molecular flexibility index (Phi) is 11.8. The van der Waals surface area contributed by atoms with E-state index in [9.17, 15) is 13.2 Å². The summed E-state index contributed by atoms with van der Waals surface area (Å²) >= 11 is 0. The molecule has 0 rings (SSSR count). The van der Waals surface area contributed by atoms with Crippen molar-refractivity contribution in [2.45, 2.75) is 24.4 Å². The zero-order valence-electron chi connectivity index (χ0n) is 8.77. The Balaban J connectivity index is 0. The lowest BCUT2D eigenvalue weighted by Crippen LogP contribution is -2.46. The Labute approximate surface area is 106 Å². The highest BCUT2D eigenvalue weighted by Crippen LogP contribution is 2.02. The molecule has 12 heteroatoms. The molecule has 6 atom stereocenters. The fourth-order valence-corrected chi connectivity index (χ4v) is 0.618.